The van der Waals surface area contributed by atoms with E-state index in [9.17, 15) is 13.2 Å². The third kappa shape index (κ3) is 2.87. The van der Waals surface area contributed by atoms with E-state index in [1.54, 1.807) is 0 Å². The zero-order valence-corrected chi connectivity index (χ0v) is 8.51. The first-order valence-corrected chi connectivity index (χ1v) is 5.05. The molecule has 0 bridgehead atoms. The SMILES string of the molecule is CC1CC(C)CC([C@@H](O)C(F)(F)F)C1. The lowest BCUT2D eigenvalue weighted by Crippen LogP contribution is -2.39. The molecule has 84 valence electrons. The summed E-state index contributed by atoms with van der Waals surface area (Å²) in [5, 5.41) is 9.12. The van der Waals surface area contributed by atoms with Crippen LogP contribution in [-0.4, -0.2) is 17.4 Å². The number of hydrogen-bond donors (Lipinski definition) is 1. The lowest BCUT2D eigenvalue weighted by atomic mass is 9.74. The van der Waals surface area contributed by atoms with Crippen molar-refractivity contribution in [2.24, 2.45) is 17.8 Å². The van der Waals surface area contributed by atoms with Crippen LogP contribution in [0.1, 0.15) is 33.1 Å². The molecule has 1 fully saturated rings. The van der Waals surface area contributed by atoms with E-state index in [0.29, 0.717) is 24.7 Å². The highest BCUT2D eigenvalue weighted by molar-refractivity contribution is 4.82. The Bertz CT molecular complexity index is 180. The number of hydrogen-bond acceptors (Lipinski definition) is 1. The van der Waals surface area contributed by atoms with E-state index in [-0.39, 0.29) is 0 Å². The fourth-order valence-corrected chi connectivity index (χ4v) is 2.53. The van der Waals surface area contributed by atoms with Crippen molar-refractivity contribution in [3.05, 3.63) is 0 Å². The molecule has 4 heteroatoms. The van der Waals surface area contributed by atoms with Crippen molar-refractivity contribution in [3.63, 3.8) is 0 Å². The highest BCUT2D eigenvalue weighted by atomic mass is 19.4. The van der Waals surface area contributed by atoms with E-state index in [4.69, 9.17) is 5.11 Å². The van der Waals surface area contributed by atoms with E-state index < -0.39 is 18.2 Å². The van der Waals surface area contributed by atoms with Gasteiger partial charge in [-0.15, -0.1) is 0 Å². The quantitative estimate of drug-likeness (QED) is 0.705. The predicted octanol–water partition coefficient (Wildman–Crippen LogP) is 2.98. The molecule has 0 amide bonds. The van der Waals surface area contributed by atoms with Crippen LogP contribution in [0.25, 0.3) is 0 Å². The molecule has 1 N–H and O–H groups in total. The van der Waals surface area contributed by atoms with Crippen molar-refractivity contribution in [3.8, 4) is 0 Å². The molecular weight excluding hydrogens is 193 g/mol. The van der Waals surface area contributed by atoms with Crippen LogP contribution < -0.4 is 0 Å². The van der Waals surface area contributed by atoms with E-state index in [2.05, 4.69) is 0 Å². The minimum absolute atomic E-state index is 0.292. The van der Waals surface area contributed by atoms with Gasteiger partial charge in [0.2, 0.25) is 0 Å². The fourth-order valence-electron chi connectivity index (χ4n) is 2.53. The maximum Gasteiger partial charge on any atom is 0.414 e. The average Bonchev–Trinajstić information content (AvgIpc) is 1.99. The first-order chi connectivity index (χ1) is 6.30. The molecule has 0 aromatic rings. The maximum absolute atomic E-state index is 12.2. The van der Waals surface area contributed by atoms with Gasteiger partial charge in [0.25, 0.3) is 0 Å². The van der Waals surface area contributed by atoms with Gasteiger partial charge in [0.15, 0.2) is 6.10 Å². The van der Waals surface area contributed by atoms with Gasteiger partial charge < -0.3 is 5.11 Å². The molecule has 0 spiro atoms. The summed E-state index contributed by atoms with van der Waals surface area (Å²) in [6, 6.07) is 0. The average molecular weight is 210 g/mol. The van der Waals surface area contributed by atoms with Gasteiger partial charge in [-0.05, 0) is 37.0 Å². The molecule has 0 aliphatic heterocycles. The first kappa shape index (κ1) is 11.8. The molecule has 0 aromatic heterocycles. The minimum Gasteiger partial charge on any atom is -0.383 e. The Kier molecular flexibility index (Phi) is 3.45. The molecule has 14 heavy (non-hydrogen) atoms. The Hall–Kier alpha value is -0.250. The zero-order valence-electron chi connectivity index (χ0n) is 8.51. The highest BCUT2D eigenvalue weighted by Gasteiger charge is 2.45. The molecule has 1 nitrogen and oxygen atoms in total. The number of alkyl halides is 3. The van der Waals surface area contributed by atoms with Crippen molar-refractivity contribution in [2.45, 2.75) is 45.4 Å². The van der Waals surface area contributed by atoms with Crippen LogP contribution in [0, 0.1) is 17.8 Å². The number of aliphatic hydroxyl groups is 1. The van der Waals surface area contributed by atoms with Crippen molar-refractivity contribution in [2.75, 3.05) is 0 Å². The van der Waals surface area contributed by atoms with Gasteiger partial charge in [0.05, 0.1) is 0 Å². The summed E-state index contributed by atoms with van der Waals surface area (Å²) in [5.41, 5.74) is 0. The van der Waals surface area contributed by atoms with Gasteiger partial charge >= 0.3 is 6.18 Å². The summed E-state index contributed by atoms with van der Waals surface area (Å²) in [7, 11) is 0. The molecule has 1 aliphatic carbocycles. The van der Waals surface area contributed by atoms with Crippen molar-refractivity contribution in [1.29, 1.82) is 0 Å². The minimum atomic E-state index is -4.46. The second-order valence-corrected chi connectivity index (χ2v) is 4.66. The molecule has 3 atom stereocenters. The van der Waals surface area contributed by atoms with Crippen LogP contribution in [0.15, 0.2) is 0 Å². The van der Waals surface area contributed by atoms with Crippen LogP contribution in [-0.2, 0) is 0 Å². The first-order valence-electron chi connectivity index (χ1n) is 5.05. The van der Waals surface area contributed by atoms with Crippen molar-refractivity contribution >= 4 is 0 Å². The van der Waals surface area contributed by atoms with Crippen LogP contribution in [0.2, 0.25) is 0 Å². The normalized spacial score (nSPS) is 36.9. The third-order valence-electron chi connectivity index (χ3n) is 3.00. The Balaban J connectivity index is 2.59. The molecule has 1 rings (SSSR count). The van der Waals surface area contributed by atoms with Crippen LogP contribution in [0.4, 0.5) is 13.2 Å². The Morgan fingerprint density at radius 3 is 1.86 bits per heavy atom. The van der Waals surface area contributed by atoms with Gasteiger partial charge in [-0.25, -0.2) is 0 Å². The zero-order chi connectivity index (χ0) is 10.9. The second kappa shape index (κ2) is 4.09. The maximum atomic E-state index is 12.2. The van der Waals surface area contributed by atoms with Crippen molar-refractivity contribution in [1.82, 2.24) is 0 Å². The smallest absolute Gasteiger partial charge is 0.383 e. The molecule has 0 saturated heterocycles. The summed E-state index contributed by atoms with van der Waals surface area (Å²) in [6.45, 7) is 3.90. The lowest BCUT2D eigenvalue weighted by Gasteiger charge is -2.34. The van der Waals surface area contributed by atoms with Crippen LogP contribution in [0.5, 0.6) is 0 Å². The van der Waals surface area contributed by atoms with Crippen LogP contribution >= 0.6 is 0 Å². The number of rotatable bonds is 1. The van der Waals surface area contributed by atoms with Crippen molar-refractivity contribution < 1.29 is 18.3 Å². The molecule has 1 aliphatic rings. The lowest BCUT2D eigenvalue weighted by molar-refractivity contribution is -0.224. The number of halogens is 3. The van der Waals surface area contributed by atoms with Gasteiger partial charge in [-0.2, -0.15) is 13.2 Å². The van der Waals surface area contributed by atoms with Gasteiger partial charge in [0, 0.05) is 0 Å². The molecular formula is C10H17F3O. The van der Waals surface area contributed by atoms with Crippen LogP contribution in [0.3, 0.4) is 0 Å². The van der Waals surface area contributed by atoms with Gasteiger partial charge in [0.1, 0.15) is 0 Å². The topological polar surface area (TPSA) is 20.2 Å². The highest BCUT2D eigenvalue weighted by Crippen LogP contribution is 2.39. The molecule has 0 radical (unpaired) electrons. The second-order valence-electron chi connectivity index (χ2n) is 4.66. The monoisotopic (exact) mass is 210 g/mol. The molecule has 2 unspecified atom stereocenters. The standard InChI is InChI=1S/C10H17F3O/c1-6-3-7(2)5-8(4-6)9(14)10(11,12)13/h6-9,14H,3-5H2,1-2H3/t6?,7?,8?,9-/m1/s1. The number of aliphatic hydroxyl groups excluding tert-OH is 1. The Morgan fingerprint density at radius 2 is 1.50 bits per heavy atom. The molecule has 0 heterocycles. The fraction of sp³-hybridized carbons (Fsp3) is 1.00. The Morgan fingerprint density at radius 1 is 1.07 bits per heavy atom. The van der Waals surface area contributed by atoms with E-state index in [1.165, 1.54) is 0 Å². The third-order valence-corrected chi connectivity index (χ3v) is 3.00. The van der Waals surface area contributed by atoms with Gasteiger partial charge in [-0.1, -0.05) is 13.8 Å². The summed E-state index contributed by atoms with van der Waals surface area (Å²) in [6.07, 6.45) is -4.63. The van der Waals surface area contributed by atoms with E-state index >= 15 is 0 Å². The Labute approximate surface area is 82.3 Å². The molecule has 0 aromatic carbocycles. The van der Waals surface area contributed by atoms with E-state index in [1.807, 2.05) is 13.8 Å². The summed E-state index contributed by atoms with van der Waals surface area (Å²) in [4.78, 5) is 0. The summed E-state index contributed by atoms with van der Waals surface area (Å²) in [5.74, 6) is -0.0183. The molecule has 1 saturated carbocycles. The summed E-state index contributed by atoms with van der Waals surface area (Å²) < 4.78 is 36.7. The van der Waals surface area contributed by atoms with E-state index in [0.717, 1.165) is 6.42 Å². The summed E-state index contributed by atoms with van der Waals surface area (Å²) >= 11 is 0. The predicted molar refractivity (Wildman–Crippen MR) is 47.7 cm³/mol. The van der Waals surface area contributed by atoms with Gasteiger partial charge in [-0.3, -0.25) is 0 Å². The largest absolute Gasteiger partial charge is 0.414 e.